The molecule has 150 valence electrons. The average Bonchev–Trinajstić information content (AvgIpc) is 2.67. The van der Waals surface area contributed by atoms with Crippen molar-refractivity contribution in [1.29, 1.82) is 0 Å². The third-order valence-corrected chi connectivity index (χ3v) is 4.34. The van der Waals surface area contributed by atoms with E-state index in [1.54, 1.807) is 30.3 Å². The Morgan fingerprint density at radius 1 is 1.10 bits per heavy atom. The van der Waals surface area contributed by atoms with Gasteiger partial charge in [-0.1, -0.05) is 30.3 Å². The zero-order valence-electron chi connectivity index (χ0n) is 14.8. The number of aliphatic carboxylic acids is 1. The van der Waals surface area contributed by atoms with E-state index in [9.17, 15) is 32.7 Å². The first-order valence-electron chi connectivity index (χ1n) is 8.47. The van der Waals surface area contributed by atoms with Gasteiger partial charge in [0, 0.05) is 23.5 Å². The lowest BCUT2D eigenvalue weighted by Crippen LogP contribution is -2.43. The lowest BCUT2D eigenvalue weighted by molar-refractivity contribution is -0.139. The van der Waals surface area contributed by atoms with Crippen molar-refractivity contribution in [2.24, 2.45) is 0 Å². The van der Waals surface area contributed by atoms with Crippen LogP contribution in [0, 0.1) is 0 Å². The summed E-state index contributed by atoms with van der Waals surface area (Å²) >= 11 is 0. The number of aromatic nitrogens is 1. The van der Waals surface area contributed by atoms with E-state index < -0.39 is 40.7 Å². The monoisotopic (exact) mass is 404 g/mol. The summed E-state index contributed by atoms with van der Waals surface area (Å²) < 4.78 is 38.4. The first-order chi connectivity index (χ1) is 13.7. The number of rotatable bonds is 5. The molecule has 1 amide bonds. The normalized spacial score (nSPS) is 12.5. The standard InChI is InChI=1S/C20H15F3N2O4/c21-20(22,23)12-6-7-13-15(9-12)24-10-14(17(13)26)18(27)25-16(19(28)29)8-11-4-2-1-3-5-11/h1-7,9-10,16H,8H2,(H,24,26)(H,25,27)(H,28,29)/t16-/m1/s1. The molecular weight excluding hydrogens is 389 g/mol. The fourth-order valence-corrected chi connectivity index (χ4v) is 2.85. The van der Waals surface area contributed by atoms with Gasteiger partial charge >= 0.3 is 12.1 Å². The van der Waals surface area contributed by atoms with E-state index in [0.717, 1.165) is 24.4 Å². The molecule has 3 rings (SSSR count). The van der Waals surface area contributed by atoms with E-state index in [1.807, 2.05) is 0 Å². The molecule has 3 aromatic rings. The second-order valence-electron chi connectivity index (χ2n) is 6.34. The molecule has 3 N–H and O–H groups in total. The van der Waals surface area contributed by atoms with Crippen LogP contribution >= 0.6 is 0 Å². The molecule has 1 aromatic heterocycles. The summed E-state index contributed by atoms with van der Waals surface area (Å²) in [5.41, 5.74) is -1.54. The lowest BCUT2D eigenvalue weighted by Gasteiger charge is -2.15. The molecule has 0 aliphatic heterocycles. The maximum atomic E-state index is 12.8. The molecule has 0 aliphatic carbocycles. The number of hydrogen-bond donors (Lipinski definition) is 3. The topological polar surface area (TPSA) is 99.3 Å². The SMILES string of the molecule is O=C(N[C@H](Cc1ccccc1)C(=O)O)c1c[nH]c2cc(C(F)(F)F)ccc2c1=O. The van der Waals surface area contributed by atoms with Gasteiger partial charge in [-0.15, -0.1) is 0 Å². The number of benzene rings is 2. The summed E-state index contributed by atoms with van der Waals surface area (Å²) in [5, 5.41) is 11.5. The summed E-state index contributed by atoms with van der Waals surface area (Å²) in [5.74, 6) is -2.22. The Hall–Kier alpha value is -3.62. The molecule has 29 heavy (non-hydrogen) atoms. The maximum absolute atomic E-state index is 12.8. The van der Waals surface area contributed by atoms with Gasteiger partial charge in [0.1, 0.15) is 11.6 Å². The second kappa shape index (κ2) is 7.78. The molecule has 0 radical (unpaired) electrons. The number of aromatic amines is 1. The number of carbonyl (C=O) groups excluding carboxylic acids is 1. The predicted octanol–water partition coefficient (Wildman–Crippen LogP) is 2.97. The Morgan fingerprint density at radius 3 is 2.41 bits per heavy atom. The van der Waals surface area contributed by atoms with Crippen LogP contribution in [0.4, 0.5) is 13.2 Å². The smallest absolute Gasteiger partial charge is 0.416 e. The van der Waals surface area contributed by atoms with Crippen LogP contribution in [0.1, 0.15) is 21.5 Å². The van der Waals surface area contributed by atoms with E-state index in [0.29, 0.717) is 5.56 Å². The molecule has 0 bridgehead atoms. The number of H-pyrrole nitrogens is 1. The molecule has 0 fully saturated rings. The molecule has 6 nitrogen and oxygen atoms in total. The molecule has 0 saturated carbocycles. The van der Waals surface area contributed by atoms with E-state index in [2.05, 4.69) is 10.3 Å². The van der Waals surface area contributed by atoms with Gasteiger partial charge in [-0.05, 0) is 23.8 Å². The van der Waals surface area contributed by atoms with Crippen LogP contribution in [0.2, 0.25) is 0 Å². The highest BCUT2D eigenvalue weighted by Crippen LogP contribution is 2.30. The van der Waals surface area contributed by atoms with Crippen LogP contribution in [-0.4, -0.2) is 28.0 Å². The minimum absolute atomic E-state index is 0.00232. The zero-order valence-corrected chi connectivity index (χ0v) is 14.8. The fourth-order valence-electron chi connectivity index (χ4n) is 2.85. The summed E-state index contributed by atoms with van der Waals surface area (Å²) in [6.07, 6.45) is -3.60. The van der Waals surface area contributed by atoms with Gasteiger partial charge in [-0.25, -0.2) is 4.79 Å². The van der Waals surface area contributed by atoms with Gasteiger partial charge in [0.2, 0.25) is 5.43 Å². The number of halogens is 3. The van der Waals surface area contributed by atoms with E-state index in [1.165, 1.54) is 0 Å². The van der Waals surface area contributed by atoms with Crippen LogP contribution in [0.5, 0.6) is 0 Å². The van der Waals surface area contributed by atoms with Crippen molar-refractivity contribution in [2.75, 3.05) is 0 Å². The van der Waals surface area contributed by atoms with Crippen molar-refractivity contribution in [2.45, 2.75) is 18.6 Å². The van der Waals surface area contributed by atoms with Gasteiger partial charge < -0.3 is 15.4 Å². The van der Waals surface area contributed by atoms with Gasteiger partial charge in [-0.3, -0.25) is 9.59 Å². The van der Waals surface area contributed by atoms with Crippen molar-refractivity contribution in [3.8, 4) is 0 Å². The zero-order chi connectivity index (χ0) is 21.2. The number of fused-ring (bicyclic) bond motifs is 1. The molecule has 0 unspecified atom stereocenters. The number of amides is 1. The number of nitrogens with one attached hydrogen (secondary N) is 2. The van der Waals surface area contributed by atoms with E-state index >= 15 is 0 Å². The molecule has 1 heterocycles. The van der Waals surface area contributed by atoms with Crippen molar-refractivity contribution in [3.63, 3.8) is 0 Å². The molecule has 2 aromatic carbocycles. The minimum atomic E-state index is -4.58. The molecule has 0 aliphatic rings. The Morgan fingerprint density at radius 2 is 1.79 bits per heavy atom. The van der Waals surface area contributed by atoms with E-state index in [4.69, 9.17) is 0 Å². The maximum Gasteiger partial charge on any atom is 0.416 e. The number of hydrogen-bond acceptors (Lipinski definition) is 3. The van der Waals surface area contributed by atoms with E-state index in [-0.39, 0.29) is 17.3 Å². The minimum Gasteiger partial charge on any atom is -0.480 e. The van der Waals surface area contributed by atoms with Gasteiger partial charge in [0.15, 0.2) is 0 Å². The van der Waals surface area contributed by atoms with Crippen LogP contribution in [0.15, 0.2) is 59.5 Å². The first-order valence-corrected chi connectivity index (χ1v) is 8.47. The number of carboxylic acids is 1. The molecule has 0 saturated heterocycles. The van der Waals surface area contributed by atoms with Gasteiger partial charge in [0.25, 0.3) is 5.91 Å². The van der Waals surface area contributed by atoms with Crippen molar-refractivity contribution in [3.05, 3.63) is 81.6 Å². The highest BCUT2D eigenvalue weighted by Gasteiger charge is 2.31. The summed E-state index contributed by atoms with van der Waals surface area (Å²) in [6, 6.07) is 9.81. The third kappa shape index (κ3) is 4.45. The fraction of sp³-hybridized carbons (Fsp3) is 0.150. The lowest BCUT2D eigenvalue weighted by atomic mass is 10.0. The Labute approximate surface area is 162 Å². The molecule has 0 spiro atoms. The van der Waals surface area contributed by atoms with Crippen LogP contribution in [-0.2, 0) is 17.4 Å². The highest BCUT2D eigenvalue weighted by atomic mass is 19.4. The number of carbonyl (C=O) groups is 2. The average molecular weight is 404 g/mol. The first kappa shape index (κ1) is 20.1. The second-order valence-corrected chi connectivity index (χ2v) is 6.34. The molecule has 9 heteroatoms. The third-order valence-electron chi connectivity index (χ3n) is 4.34. The summed E-state index contributed by atoms with van der Waals surface area (Å²) in [7, 11) is 0. The molecular formula is C20H15F3N2O4. The Kier molecular flexibility index (Phi) is 5.40. The Balaban J connectivity index is 1.88. The predicted molar refractivity (Wildman–Crippen MR) is 98.6 cm³/mol. The van der Waals surface area contributed by atoms with Crippen LogP contribution in [0.3, 0.4) is 0 Å². The number of alkyl halides is 3. The summed E-state index contributed by atoms with van der Waals surface area (Å²) in [4.78, 5) is 39.0. The molecule has 1 atom stereocenters. The van der Waals surface area contributed by atoms with Crippen LogP contribution in [0.25, 0.3) is 10.9 Å². The van der Waals surface area contributed by atoms with Crippen molar-refractivity contribution in [1.82, 2.24) is 10.3 Å². The Bertz CT molecular complexity index is 1120. The van der Waals surface area contributed by atoms with Crippen molar-refractivity contribution >= 4 is 22.8 Å². The number of pyridine rings is 1. The van der Waals surface area contributed by atoms with Gasteiger partial charge in [0.05, 0.1) is 5.56 Å². The largest absolute Gasteiger partial charge is 0.480 e. The summed E-state index contributed by atoms with van der Waals surface area (Å²) in [6.45, 7) is 0. The van der Waals surface area contributed by atoms with Crippen LogP contribution < -0.4 is 10.7 Å². The van der Waals surface area contributed by atoms with Gasteiger partial charge in [-0.2, -0.15) is 13.2 Å². The quantitative estimate of drug-likeness (QED) is 0.609. The number of carboxylic acid groups (broad SMARTS) is 1. The highest BCUT2D eigenvalue weighted by molar-refractivity contribution is 5.99. The van der Waals surface area contributed by atoms with Crippen molar-refractivity contribution < 1.29 is 27.9 Å².